The van der Waals surface area contributed by atoms with Crippen LogP contribution in [0.4, 0.5) is 0 Å². The number of aryl methyl sites for hydroxylation is 1. The van der Waals surface area contributed by atoms with Crippen molar-refractivity contribution in [1.82, 2.24) is 15.2 Å². The minimum atomic E-state index is 1.06. The van der Waals surface area contributed by atoms with E-state index in [0.29, 0.717) is 0 Å². The summed E-state index contributed by atoms with van der Waals surface area (Å²) >= 11 is 0. The van der Waals surface area contributed by atoms with Crippen LogP contribution in [0, 0.1) is 0 Å². The van der Waals surface area contributed by atoms with Gasteiger partial charge in [0.05, 0.1) is 0 Å². The minimum absolute atomic E-state index is 1.06. The van der Waals surface area contributed by atoms with E-state index in [0.717, 1.165) is 39.1 Å². The highest BCUT2D eigenvalue weighted by Gasteiger charge is 2.12. The van der Waals surface area contributed by atoms with Gasteiger partial charge in [0, 0.05) is 49.8 Å². The van der Waals surface area contributed by atoms with Gasteiger partial charge in [0.25, 0.3) is 0 Å². The third-order valence-corrected chi connectivity index (χ3v) is 3.84. The maximum Gasteiger partial charge on any atom is 0.0457 e. The highest BCUT2D eigenvalue weighted by atomic mass is 15.2. The predicted molar refractivity (Wildman–Crippen MR) is 75.8 cm³/mol. The molecule has 3 nitrogen and oxygen atoms in total. The lowest BCUT2D eigenvalue weighted by molar-refractivity contribution is 0.234. The second-order valence-corrected chi connectivity index (χ2v) is 5.07. The van der Waals surface area contributed by atoms with Gasteiger partial charge in [-0.3, -0.25) is 4.90 Å². The van der Waals surface area contributed by atoms with Crippen molar-refractivity contribution in [3.8, 4) is 0 Å². The zero-order valence-electron chi connectivity index (χ0n) is 11.0. The maximum atomic E-state index is 3.40. The van der Waals surface area contributed by atoms with Crippen molar-refractivity contribution in [2.45, 2.75) is 19.9 Å². The van der Waals surface area contributed by atoms with Crippen LogP contribution in [0.1, 0.15) is 18.1 Å². The smallest absolute Gasteiger partial charge is 0.0457 e. The summed E-state index contributed by atoms with van der Waals surface area (Å²) in [4.78, 5) is 5.91. The van der Waals surface area contributed by atoms with Gasteiger partial charge in [-0.15, -0.1) is 0 Å². The summed E-state index contributed by atoms with van der Waals surface area (Å²) in [5.74, 6) is 0. The Kier molecular flexibility index (Phi) is 3.35. The topological polar surface area (TPSA) is 31.1 Å². The lowest BCUT2D eigenvalue weighted by atomic mass is 10.1. The standard InChI is InChI=1S/C15H21N3/c1-2-12-3-4-15-14(9-12)13(10-17-15)11-18-7-5-16-6-8-18/h3-4,9-10,16-17H,2,5-8,11H2,1H3. The van der Waals surface area contributed by atoms with E-state index in [-0.39, 0.29) is 0 Å². The zero-order valence-corrected chi connectivity index (χ0v) is 11.0. The van der Waals surface area contributed by atoms with E-state index in [1.54, 1.807) is 0 Å². The molecule has 0 amide bonds. The molecule has 1 aromatic heterocycles. The number of hydrogen-bond acceptors (Lipinski definition) is 2. The first kappa shape index (κ1) is 11.8. The highest BCUT2D eigenvalue weighted by molar-refractivity contribution is 5.83. The summed E-state index contributed by atoms with van der Waals surface area (Å²) in [5.41, 5.74) is 4.11. The van der Waals surface area contributed by atoms with Gasteiger partial charge >= 0.3 is 0 Å². The highest BCUT2D eigenvalue weighted by Crippen LogP contribution is 2.21. The lowest BCUT2D eigenvalue weighted by Gasteiger charge is -2.26. The molecule has 1 aliphatic heterocycles. The average Bonchev–Trinajstić information content (AvgIpc) is 2.82. The number of nitrogens with zero attached hydrogens (tertiary/aromatic N) is 1. The Morgan fingerprint density at radius 3 is 2.83 bits per heavy atom. The van der Waals surface area contributed by atoms with Crippen LogP contribution in [0.15, 0.2) is 24.4 Å². The normalized spacial score (nSPS) is 17.4. The first-order valence-electron chi connectivity index (χ1n) is 6.89. The van der Waals surface area contributed by atoms with Crippen molar-refractivity contribution in [3.63, 3.8) is 0 Å². The molecule has 3 rings (SSSR count). The first-order chi connectivity index (χ1) is 8.86. The molecule has 0 atom stereocenters. The van der Waals surface area contributed by atoms with Gasteiger partial charge < -0.3 is 10.3 Å². The Morgan fingerprint density at radius 2 is 2.06 bits per heavy atom. The fourth-order valence-electron chi connectivity index (χ4n) is 2.69. The molecule has 0 aliphatic carbocycles. The number of rotatable bonds is 3. The largest absolute Gasteiger partial charge is 0.361 e. The second kappa shape index (κ2) is 5.12. The number of nitrogens with one attached hydrogen (secondary N) is 2. The number of aromatic nitrogens is 1. The third-order valence-electron chi connectivity index (χ3n) is 3.84. The fourth-order valence-corrected chi connectivity index (χ4v) is 2.69. The molecule has 3 heteroatoms. The third kappa shape index (κ3) is 2.28. The number of aromatic amines is 1. The van der Waals surface area contributed by atoms with Gasteiger partial charge in [-0.2, -0.15) is 0 Å². The molecule has 2 N–H and O–H groups in total. The van der Waals surface area contributed by atoms with Crippen LogP contribution in [0.2, 0.25) is 0 Å². The van der Waals surface area contributed by atoms with Crippen LogP contribution in [-0.2, 0) is 13.0 Å². The molecule has 2 heterocycles. The Bertz CT molecular complexity index is 524. The summed E-state index contributed by atoms with van der Waals surface area (Å²) < 4.78 is 0. The maximum absolute atomic E-state index is 3.40. The lowest BCUT2D eigenvalue weighted by Crippen LogP contribution is -2.42. The molecule has 0 unspecified atom stereocenters. The number of piperazine rings is 1. The van der Waals surface area contributed by atoms with Crippen LogP contribution in [-0.4, -0.2) is 36.1 Å². The molecular weight excluding hydrogens is 222 g/mol. The van der Waals surface area contributed by atoms with Crippen LogP contribution in [0.3, 0.4) is 0 Å². The van der Waals surface area contributed by atoms with Crippen molar-refractivity contribution in [1.29, 1.82) is 0 Å². The molecule has 1 aliphatic rings. The van der Waals surface area contributed by atoms with Crippen molar-refractivity contribution in [2.75, 3.05) is 26.2 Å². The summed E-state index contributed by atoms with van der Waals surface area (Å²) in [6.45, 7) is 7.81. The van der Waals surface area contributed by atoms with E-state index in [9.17, 15) is 0 Å². The average molecular weight is 243 g/mol. The van der Waals surface area contributed by atoms with Gasteiger partial charge in [0.1, 0.15) is 0 Å². The van der Waals surface area contributed by atoms with Crippen LogP contribution in [0.25, 0.3) is 10.9 Å². The van der Waals surface area contributed by atoms with Gasteiger partial charge in [0.15, 0.2) is 0 Å². The van der Waals surface area contributed by atoms with E-state index >= 15 is 0 Å². The summed E-state index contributed by atoms with van der Waals surface area (Å²) in [6.07, 6.45) is 3.28. The SMILES string of the molecule is CCc1ccc2[nH]cc(CN3CCNCC3)c2c1. The van der Waals surface area contributed by atoms with Crippen molar-refractivity contribution in [2.24, 2.45) is 0 Å². The predicted octanol–water partition coefficient (Wildman–Crippen LogP) is 2.14. The van der Waals surface area contributed by atoms with Crippen LogP contribution < -0.4 is 5.32 Å². The summed E-state index contributed by atoms with van der Waals surface area (Å²) in [5, 5.41) is 4.80. The molecule has 18 heavy (non-hydrogen) atoms. The zero-order chi connectivity index (χ0) is 12.4. The monoisotopic (exact) mass is 243 g/mol. The Labute approximate surface area is 108 Å². The minimum Gasteiger partial charge on any atom is -0.361 e. The van der Waals surface area contributed by atoms with Gasteiger partial charge in [-0.05, 0) is 29.7 Å². The Hall–Kier alpha value is -1.32. The first-order valence-corrected chi connectivity index (χ1v) is 6.89. The van der Waals surface area contributed by atoms with Crippen molar-refractivity contribution >= 4 is 10.9 Å². The molecular formula is C15H21N3. The molecule has 1 aromatic carbocycles. The van der Waals surface area contributed by atoms with E-state index in [1.807, 2.05) is 0 Å². The van der Waals surface area contributed by atoms with Gasteiger partial charge in [-0.25, -0.2) is 0 Å². The molecule has 0 bridgehead atoms. The van der Waals surface area contributed by atoms with Gasteiger partial charge in [-0.1, -0.05) is 13.0 Å². The number of hydrogen-bond donors (Lipinski definition) is 2. The fraction of sp³-hybridized carbons (Fsp3) is 0.467. The Balaban J connectivity index is 1.86. The quantitative estimate of drug-likeness (QED) is 0.865. The molecule has 1 fully saturated rings. The molecule has 2 aromatic rings. The molecule has 1 saturated heterocycles. The number of fused-ring (bicyclic) bond motifs is 1. The molecule has 0 saturated carbocycles. The Morgan fingerprint density at radius 1 is 1.22 bits per heavy atom. The second-order valence-electron chi connectivity index (χ2n) is 5.07. The van der Waals surface area contributed by atoms with E-state index in [4.69, 9.17) is 0 Å². The van der Waals surface area contributed by atoms with Crippen molar-refractivity contribution in [3.05, 3.63) is 35.5 Å². The van der Waals surface area contributed by atoms with Gasteiger partial charge in [0.2, 0.25) is 0 Å². The summed E-state index contributed by atoms with van der Waals surface area (Å²) in [7, 11) is 0. The van der Waals surface area contributed by atoms with Crippen LogP contribution >= 0.6 is 0 Å². The van der Waals surface area contributed by atoms with E-state index in [2.05, 4.69) is 46.5 Å². The van der Waals surface area contributed by atoms with E-state index in [1.165, 1.54) is 22.0 Å². The van der Waals surface area contributed by atoms with Crippen LogP contribution in [0.5, 0.6) is 0 Å². The summed E-state index contributed by atoms with van der Waals surface area (Å²) in [6, 6.07) is 6.76. The van der Waals surface area contributed by atoms with E-state index < -0.39 is 0 Å². The molecule has 0 spiro atoms. The molecule has 0 radical (unpaired) electrons. The molecule has 96 valence electrons. The van der Waals surface area contributed by atoms with Crippen molar-refractivity contribution < 1.29 is 0 Å². The number of benzene rings is 1. The number of H-pyrrole nitrogens is 1.